The predicted molar refractivity (Wildman–Crippen MR) is 72.9 cm³/mol. The zero-order valence-electron chi connectivity index (χ0n) is 11.0. The predicted octanol–water partition coefficient (Wildman–Crippen LogP) is 2.59. The molecule has 0 radical (unpaired) electrons. The van der Waals surface area contributed by atoms with E-state index in [0.717, 1.165) is 11.5 Å². The lowest BCUT2D eigenvalue weighted by atomic mass is 10.2. The van der Waals surface area contributed by atoms with Crippen LogP contribution in [-0.4, -0.2) is 22.0 Å². The smallest absolute Gasteiger partial charge is 0.338 e. The van der Waals surface area contributed by atoms with E-state index < -0.39 is 0 Å². The summed E-state index contributed by atoms with van der Waals surface area (Å²) >= 11 is 0. The van der Waals surface area contributed by atoms with Crippen molar-refractivity contribution >= 4 is 11.7 Å². The third-order valence-corrected chi connectivity index (χ3v) is 2.48. The van der Waals surface area contributed by atoms with Crippen LogP contribution in [0.4, 0.5) is 5.69 Å². The number of aromatic amines is 1. The van der Waals surface area contributed by atoms with E-state index in [2.05, 4.69) is 15.3 Å². The lowest BCUT2D eigenvalue weighted by molar-refractivity contribution is 0.0378. The Hall–Kier alpha value is -2.30. The van der Waals surface area contributed by atoms with Gasteiger partial charge in [-0.15, -0.1) is 0 Å². The molecule has 0 spiro atoms. The van der Waals surface area contributed by atoms with Crippen LogP contribution in [0.3, 0.4) is 0 Å². The molecule has 1 aromatic heterocycles. The molecule has 0 saturated heterocycles. The van der Waals surface area contributed by atoms with Crippen molar-refractivity contribution in [1.29, 1.82) is 0 Å². The minimum atomic E-state index is -0.299. The van der Waals surface area contributed by atoms with Crippen LogP contribution in [0.25, 0.3) is 0 Å². The standard InChI is InChI=1S/C14H17N3O2/c1-10(2)19-14(18)11-3-5-12(6-4-11)17-9-13-15-7-8-16-13/h3-8,10,17H,9H2,1-2H3,(H,15,16). The number of nitrogens with one attached hydrogen (secondary N) is 2. The number of hydrogen-bond acceptors (Lipinski definition) is 4. The van der Waals surface area contributed by atoms with Gasteiger partial charge in [0.25, 0.3) is 0 Å². The first-order valence-corrected chi connectivity index (χ1v) is 6.18. The van der Waals surface area contributed by atoms with Gasteiger partial charge in [-0.05, 0) is 38.1 Å². The maximum Gasteiger partial charge on any atom is 0.338 e. The Morgan fingerprint density at radius 1 is 1.37 bits per heavy atom. The molecule has 0 fully saturated rings. The van der Waals surface area contributed by atoms with E-state index in [1.807, 2.05) is 26.0 Å². The first-order valence-electron chi connectivity index (χ1n) is 6.18. The molecule has 5 nitrogen and oxygen atoms in total. The number of aromatic nitrogens is 2. The fourth-order valence-electron chi connectivity index (χ4n) is 1.59. The summed E-state index contributed by atoms with van der Waals surface area (Å²) in [6.07, 6.45) is 3.38. The highest BCUT2D eigenvalue weighted by Gasteiger charge is 2.08. The van der Waals surface area contributed by atoms with Gasteiger partial charge in [-0.25, -0.2) is 9.78 Å². The Balaban J connectivity index is 1.92. The summed E-state index contributed by atoms with van der Waals surface area (Å²) in [7, 11) is 0. The monoisotopic (exact) mass is 259 g/mol. The fraction of sp³-hybridized carbons (Fsp3) is 0.286. The molecule has 2 rings (SSSR count). The van der Waals surface area contributed by atoms with Gasteiger partial charge in [-0.3, -0.25) is 0 Å². The summed E-state index contributed by atoms with van der Waals surface area (Å²) in [4.78, 5) is 18.8. The van der Waals surface area contributed by atoms with Crippen molar-refractivity contribution in [2.24, 2.45) is 0 Å². The summed E-state index contributed by atoms with van der Waals surface area (Å²) in [6, 6.07) is 7.18. The molecule has 100 valence electrons. The Bertz CT molecular complexity index is 518. The molecule has 2 aromatic rings. The number of benzene rings is 1. The number of nitrogens with zero attached hydrogens (tertiary/aromatic N) is 1. The molecule has 0 aliphatic rings. The molecule has 5 heteroatoms. The molecule has 0 bridgehead atoms. The van der Waals surface area contributed by atoms with Crippen LogP contribution >= 0.6 is 0 Å². The van der Waals surface area contributed by atoms with Crippen LogP contribution in [0.2, 0.25) is 0 Å². The van der Waals surface area contributed by atoms with Crippen molar-refractivity contribution in [3.8, 4) is 0 Å². The molecule has 0 unspecified atom stereocenters. The van der Waals surface area contributed by atoms with Crippen molar-refractivity contribution in [3.63, 3.8) is 0 Å². The number of carbonyl (C=O) groups is 1. The number of ether oxygens (including phenoxy) is 1. The fourth-order valence-corrected chi connectivity index (χ4v) is 1.59. The van der Waals surface area contributed by atoms with Crippen molar-refractivity contribution in [1.82, 2.24) is 9.97 Å². The van der Waals surface area contributed by atoms with Gasteiger partial charge >= 0.3 is 5.97 Å². The minimum Gasteiger partial charge on any atom is -0.459 e. The second-order valence-electron chi connectivity index (χ2n) is 4.42. The normalized spacial score (nSPS) is 10.5. The number of H-pyrrole nitrogens is 1. The van der Waals surface area contributed by atoms with Gasteiger partial charge in [0.1, 0.15) is 5.82 Å². The van der Waals surface area contributed by atoms with E-state index >= 15 is 0 Å². The molecule has 1 aromatic carbocycles. The molecule has 0 saturated carbocycles. The highest BCUT2D eigenvalue weighted by atomic mass is 16.5. The summed E-state index contributed by atoms with van der Waals surface area (Å²) < 4.78 is 5.12. The van der Waals surface area contributed by atoms with E-state index in [-0.39, 0.29) is 12.1 Å². The van der Waals surface area contributed by atoms with Crippen LogP contribution < -0.4 is 5.32 Å². The van der Waals surface area contributed by atoms with Crippen molar-refractivity contribution in [3.05, 3.63) is 48.0 Å². The number of imidazole rings is 1. The third-order valence-electron chi connectivity index (χ3n) is 2.48. The van der Waals surface area contributed by atoms with Gasteiger partial charge in [0.05, 0.1) is 18.2 Å². The van der Waals surface area contributed by atoms with Gasteiger partial charge in [-0.1, -0.05) is 0 Å². The second kappa shape index (κ2) is 6.04. The first kappa shape index (κ1) is 13.1. The Morgan fingerprint density at radius 3 is 2.68 bits per heavy atom. The van der Waals surface area contributed by atoms with Crippen LogP contribution in [-0.2, 0) is 11.3 Å². The molecular weight excluding hydrogens is 242 g/mol. The summed E-state index contributed by atoms with van der Waals surface area (Å²) in [6.45, 7) is 4.27. The summed E-state index contributed by atoms with van der Waals surface area (Å²) in [5.41, 5.74) is 1.48. The lowest BCUT2D eigenvalue weighted by Gasteiger charge is -2.09. The van der Waals surface area contributed by atoms with E-state index in [0.29, 0.717) is 12.1 Å². The maximum absolute atomic E-state index is 11.7. The lowest BCUT2D eigenvalue weighted by Crippen LogP contribution is -2.11. The van der Waals surface area contributed by atoms with Crippen LogP contribution in [0.15, 0.2) is 36.7 Å². The molecular formula is C14H17N3O2. The van der Waals surface area contributed by atoms with Gasteiger partial charge in [-0.2, -0.15) is 0 Å². The SMILES string of the molecule is CC(C)OC(=O)c1ccc(NCc2ncc[nH]2)cc1. The van der Waals surface area contributed by atoms with Crippen LogP contribution in [0, 0.1) is 0 Å². The van der Waals surface area contributed by atoms with E-state index in [1.54, 1.807) is 24.5 Å². The van der Waals surface area contributed by atoms with E-state index in [4.69, 9.17) is 4.74 Å². The molecule has 0 aliphatic heterocycles. The second-order valence-corrected chi connectivity index (χ2v) is 4.42. The number of anilines is 1. The topological polar surface area (TPSA) is 67.0 Å². The number of carbonyl (C=O) groups excluding carboxylic acids is 1. The molecule has 19 heavy (non-hydrogen) atoms. The summed E-state index contributed by atoms with van der Waals surface area (Å²) in [5.74, 6) is 0.566. The van der Waals surface area contributed by atoms with Crippen molar-refractivity contribution in [2.45, 2.75) is 26.5 Å². The number of esters is 1. The molecule has 0 atom stereocenters. The van der Waals surface area contributed by atoms with Crippen molar-refractivity contribution < 1.29 is 9.53 Å². The minimum absolute atomic E-state index is 0.107. The number of rotatable bonds is 5. The Morgan fingerprint density at radius 2 is 2.11 bits per heavy atom. The van der Waals surface area contributed by atoms with Gasteiger partial charge in [0.2, 0.25) is 0 Å². The zero-order chi connectivity index (χ0) is 13.7. The third kappa shape index (κ3) is 3.84. The highest BCUT2D eigenvalue weighted by molar-refractivity contribution is 5.89. The van der Waals surface area contributed by atoms with Crippen LogP contribution in [0.1, 0.15) is 30.0 Å². The molecule has 1 heterocycles. The highest BCUT2D eigenvalue weighted by Crippen LogP contribution is 2.12. The van der Waals surface area contributed by atoms with Gasteiger partial charge in [0.15, 0.2) is 0 Å². The average molecular weight is 259 g/mol. The largest absolute Gasteiger partial charge is 0.459 e. The first-order chi connectivity index (χ1) is 9.15. The number of hydrogen-bond donors (Lipinski definition) is 2. The Kier molecular flexibility index (Phi) is 4.18. The molecule has 0 amide bonds. The van der Waals surface area contributed by atoms with Crippen LogP contribution in [0.5, 0.6) is 0 Å². The molecule has 2 N–H and O–H groups in total. The Labute approximate surface area is 112 Å². The van der Waals surface area contributed by atoms with E-state index in [1.165, 1.54) is 0 Å². The average Bonchev–Trinajstić information content (AvgIpc) is 2.89. The van der Waals surface area contributed by atoms with Gasteiger partial charge < -0.3 is 15.0 Å². The van der Waals surface area contributed by atoms with Crippen molar-refractivity contribution in [2.75, 3.05) is 5.32 Å². The summed E-state index contributed by atoms with van der Waals surface area (Å²) in [5, 5.41) is 3.21. The van der Waals surface area contributed by atoms with Gasteiger partial charge in [0, 0.05) is 18.1 Å². The quantitative estimate of drug-likeness (QED) is 0.810. The zero-order valence-corrected chi connectivity index (χ0v) is 11.0. The molecule has 0 aliphatic carbocycles. The maximum atomic E-state index is 11.7. The van der Waals surface area contributed by atoms with E-state index in [9.17, 15) is 4.79 Å².